The Labute approximate surface area is 230 Å². The molecule has 1 aliphatic rings. The van der Waals surface area contributed by atoms with E-state index >= 15 is 0 Å². The van der Waals surface area contributed by atoms with Gasteiger partial charge in [0, 0.05) is 42.9 Å². The van der Waals surface area contributed by atoms with Gasteiger partial charge in [-0.05, 0) is 43.2 Å². The van der Waals surface area contributed by atoms with Crippen LogP contribution in [0.15, 0.2) is 29.2 Å². The van der Waals surface area contributed by atoms with E-state index in [1.165, 1.54) is 36.3 Å². The number of nitrogens with zero attached hydrogens (tertiary/aromatic N) is 4. The highest BCUT2D eigenvalue weighted by Gasteiger charge is 2.31. The van der Waals surface area contributed by atoms with E-state index in [0.717, 1.165) is 20.5 Å². The molecule has 1 aromatic carbocycles. The molecule has 0 unspecified atom stereocenters. The minimum atomic E-state index is -3.99. The van der Waals surface area contributed by atoms with E-state index in [1.807, 2.05) is 12.1 Å². The van der Waals surface area contributed by atoms with Crippen molar-refractivity contribution in [3.8, 4) is 12.1 Å². The summed E-state index contributed by atoms with van der Waals surface area (Å²) in [7, 11) is -2.70. The summed E-state index contributed by atoms with van der Waals surface area (Å²) in [6.07, 6.45) is -0.177. The van der Waals surface area contributed by atoms with Gasteiger partial charge in [-0.2, -0.15) is 14.8 Å². The second-order valence-corrected chi connectivity index (χ2v) is 11.3. The maximum Gasteiger partial charge on any atom is 0.409 e. The lowest BCUT2D eigenvalue weighted by molar-refractivity contribution is 0.0526. The first kappa shape index (κ1) is 29.6. The first-order chi connectivity index (χ1) is 18.7. The number of hydrogen-bond acceptors (Lipinski definition) is 10. The number of nitriles is 2. The highest BCUT2D eigenvalue weighted by atomic mass is 32.2. The molecule has 0 spiro atoms. The quantitative estimate of drug-likeness (QED) is 0.419. The Morgan fingerprint density at radius 2 is 1.77 bits per heavy atom. The van der Waals surface area contributed by atoms with Gasteiger partial charge in [-0.1, -0.05) is 0 Å². The zero-order chi connectivity index (χ0) is 28.6. The summed E-state index contributed by atoms with van der Waals surface area (Å²) < 4.78 is 37.1. The Bertz CT molecular complexity index is 1400. The fourth-order valence-corrected chi connectivity index (χ4v) is 6.69. The predicted molar refractivity (Wildman–Crippen MR) is 140 cm³/mol. The van der Waals surface area contributed by atoms with Crippen LogP contribution in [0.5, 0.6) is 0 Å². The molecule has 2 aromatic rings. The number of amides is 2. The number of carbonyl (C=O) groups excluding carboxylic acids is 3. The van der Waals surface area contributed by atoms with E-state index in [2.05, 4.69) is 5.32 Å². The molecule has 206 valence electrons. The van der Waals surface area contributed by atoms with Crippen molar-refractivity contribution in [2.45, 2.75) is 37.6 Å². The number of rotatable bonds is 10. The highest BCUT2D eigenvalue weighted by molar-refractivity contribution is 7.89. The van der Waals surface area contributed by atoms with Gasteiger partial charge in [0.2, 0.25) is 10.0 Å². The molecule has 0 radical (unpaired) electrons. The molecule has 0 bridgehead atoms. The molecule has 1 aliphatic heterocycles. The number of ether oxygens (including phenoxy) is 2. The van der Waals surface area contributed by atoms with Gasteiger partial charge in [0.1, 0.15) is 5.00 Å². The number of sulfonamides is 1. The number of benzene rings is 1. The molecule has 2 heterocycles. The van der Waals surface area contributed by atoms with Crippen LogP contribution >= 0.6 is 11.3 Å². The van der Waals surface area contributed by atoms with Crippen LogP contribution in [0.4, 0.5) is 9.80 Å². The Morgan fingerprint density at radius 3 is 2.33 bits per heavy atom. The number of esters is 1. The van der Waals surface area contributed by atoms with Crippen LogP contribution < -0.4 is 5.32 Å². The van der Waals surface area contributed by atoms with Crippen LogP contribution in [0.3, 0.4) is 0 Å². The first-order valence-electron chi connectivity index (χ1n) is 12.0. The van der Waals surface area contributed by atoms with Crippen LogP contribution in [0.25, 0.3) is 0 Å². The summed E-state index contributed by atoms with van der Waals surface area (Å²) in [6, 6.07) is 9.02. The molecule has 1 aromatic heterocycles. The van der Waals surface area contributed by atoms with Crippen LogP contribution in [-0.2, 0) is 32.5 Å². The fourth-order valence-electron chi connectivity index (χ4n) is 4.00. The molecule has 2 amide bonds. The van der Waals surface area contributed by atoms with Crippen molar-refractivity contribution >= 4 is 44.3 Å². The average molecular weight is 574 g/mol. The minimum absolute atomic E-state index is 0.0316. The van der Waals surface area contributed by atoms with Gasteiger partial charge in [0.25, 0.3) is 5.91 Å². The average Bonchev–Trinajstić information content (AvgIpc) is 3.29. The van der Waals surface area contributed by atoms with Gasteiger partial charge in [0.05, 0.1) is 42.9 Å². The van der Waals surface area contributed by atoms with Crippen molar-refractivity contribution in [1.29, 1.82) is 10.5 Å². The van der Waals surface area contributed by atoms with Crippen LogP contribution in [-0.4, -0.2) is 68.9 Å². The van der Waals surface area contributed by atoms with Crippen molar-refractivity contribution in [3.63, 3.8) is 0 Å². The minimum Gasteiger partial charge on any atom is -0.462 e. The zero-order valence-electron chi connectivity index (χ0n) is 21.4. The summed E-state index contributed by atoms with van der Waals surface area (Å²) >= 11 is 1.16. The number of fused-ring (bicyclic) bond motifs is 1. The molecule has 3 rings (SSSR count). The van der Waals surface area contributed by atoms with Crippen molar-refractivity contribution in [2.24, 2.45) is 0 Å². The molecule has 39 heavy (non-hydrogen) atoms. The lowest BCUT2D eigenvalue weighted by Crippen LogP contribution is -2.35. The number of anilines is 1. The molecule has 0 fully saturated rings. The molecule has 12 nitrogen and oxygen atoms in total. The summed E-state index contributed by atoms with van der Waals surface area (Å²) in [6.45, 7) is 2.25. The molecule has 0 aliphatic carbocycles. The molecule has 14 heteroatoms. The molecule has 0 saturated heterocycles. The SMILES string of the molecule is CCOC(=O)c1c(NC(=O)c2ccc(S(=O)(=O)N(CCC#N)CCC#N)cc2)sc2c1CCN(C(=O)OC)C2. The smallest absolute Gasteiger partial charge is 0.409 e. The normalized spacial score (nSPS) is 12.7. The molecular weight excluding hydrogens is 546 g/mol. The van der Waals surface area contributed by atoms with Crippen LogP contribution in [0, 0.1) is 22.7 Å². The van der Waals surface area contributed by atoms with E-state index in [4.69, 9.17) is 20.0 Å². The van der Waals surface area contributed by atoms with E-state index in [9.17, 15) is 22.8 Å². The summed E-state index contributed by atoms with van der Waals surface area (Å²) in [4.78, 5) is 40.0. The molecule has 0 atom stereocenters. The lowest BCUT2D eigenvalue weighted by Gasteiger charge is -2.25. The fraction of sp³-hybridized carbons (Fsp3) is 0.400. The number of hydrogen-bond donors (Lipinski definition) is 1. The summed E-state index contributed by atoms with van der Waals surface area (Å²) in [5, 5.41) is 20.7. The summed E-state index contributed by atoms with van der Waals surface area (Å²) in [5.74, 6) is -1.16. The molecule has 1 N–H and O–H groups in total. The third-order valence-corrected chi connectivity index (χ3v) is 8.94. The van der Waals surface area contributed by atoms with E-state index < -0.39 is 28.0 Å². The van der Waals surface area contributed by atoms with Gasteiger partial charge in [-0.3, -0.25) is 4.79 Å². The second-order valence-electron chi connectivity index (χ2n) is 8.27. The van der Waals surface area contributed by atoms with Gasteiger partial charge in [0.15, 0.2) is 0 Å². The van der Waals surface area contributed by atoms with Gasteiger partial charge < -0.3 is 19.7 Å². The van der Waals surface area contributed by atoms with Crippen molar-refractivity contribution in [3.05, 3.63) is 45.8 Å². The first-order valence-corrected chi connectivity index (χ1v) is 14.2. The Kier molecular flexibility index (Phi) is 10.0. The van der Waals surface area contributed by atoms with Crippen molar-refractivity contribution < 1.29 is 32.3 Å². The largest absolute Gasteiger partial charge is 0.462 e. The maximum atomic E-state index is 13.1. The molecule has 0 saturated carbocycles. The second kappa shape index (κ2) is 13.2. The van der Waals surface area contributed by atoms with Crippen molar-refractivity contribution in [2.75, 3.05) is 38.7 Å². The van der Waals surface area contributed by atoms with Crippen LogP contribution in [0.1, 0.15) is 50.9 Å². The summed E-state index contributed by atoms with van der Waals surface area (Å²) in [5.41, 5.74) is 1.08. The van der Waals surface area contributed by atoms with Crippen LogP contribution in [0.2, 0.25) is 0 Å². The Balaban J connectivity index is 1.85. The monoisotopic (exact) mass is 573 g/mol. The Morgan fingerprint density at radius 1 is 1.13 bits per heavy atom. The highest BCUT2D eigenvalue weighted by Crippen LogP contribution is 2.38. The maximum absolute atomic E-state index is 13.1. The van der Waals surface area contributed by atoms with Gasteiger partial charge in [-0.15, -0.1) is 11.3 Å². The zero-order valence-corrected chi connectivity index (χ0v) is 23.1. The Hall–Kier alpha value is -3.98. The van der Waals surface area contributed by atoms with Gasteiger partial charge >= 0.3 is 12.1 Å². The predicted octanol–water partition coefficient (Wildman–Crippen LogP) is 3.12. The van der Waals surface area contributed by atoms with Crippen molar-refractivity contribution in [1.82, 2.24) is 9.21 Å². The topological polar surface area (TPSA) is 170 Å². The number of thiophene rings is 1. The number of carbonyl (C=O) groups is 3. The number of nitrogens with one attached hydrogen (secondary N) is 1. The third kappa shape index (κ3) is 6.72. The molecular formula is C25H27N5O7S2. The van der Waals surface area contributed by atoms with Gasteiger partial charge in [-0.25, -0.2) is 18.0 Å². The third-order valence-electron chi connectivity index (χ3n) is 5.90. The van der Waals surface area contributed by atoms with E-state index in [-0.39, 0.29) is 60.1 Å². The van der Waals surface area contributed by atoms with E-state index in [0.29, 0.717) is 18.5 Å². The van der Waals surface area contributed by atoms with E-state index in [1.54, 1.807) is 6.92 Å². The number of methoxy groups -OCH3 is 1. The lowest BCUT2D eigenvalue weighted by atomic mass is 10.0. The standard InChI is InChI=1S/C25H27N5O7S2/c1-3-37-24(32)21-19-10-15-29(25(33)36-2)16-20(19)38-23(21)28-22(31)17-6-8-18(9-7-17)39(34,35)30(13-4-11-26)14-5-12-27/h6-9H,3-5,10,13-16H2,1-2H3,(H,28,31).